The van der Waals surface area contributed by atoms with Crippen LogP contribution in [-0.4, -0.2) is 39.0 Å². The molecule has 306 valence electrons. The van der Waals surface area contributed by atoms with E-state index in [9.17, 15) is 20.1 Å². The van der Waals surface area contributed by atoms with Crippen LogP contribution in [0.25, 0.3) is 12.2 Å². The van der Waals surface area contributed by atoms with Crippen molar-refractivity contribution in [1.82, 2.24) is 0 Å². The number of ether oxygens (including phenoxy) is 4. The van der Waals surface area contributed by atoms with Crippen LogP contribution in [0, 0.1) is 33.5 Å². The van der Waals surface area contributed by atoms with Gasteiger partial charge in [0.15, 0.2) is 34.6 Å². The largest absolute Gasteiger partial charge is 0.493 e. The van der Waals surface area contributed by atoms with Gasteiger partial charge in [0.25, 0.3) is 0 Å². The van der Waals surface area contributed by atoms with Crippen molar-refractivity contribution in [3.05, 3.63) is 58.7 Å². The third-order valence-electron chi connectivity index (χ3n) is 9.64. The average molecular weight is 769 g/mol. The highest BCUT2D eigenvalue weighted by atomic mass is 16.5. The minimum absolute atomic E-state index is 0.134. The molecule has 8 nitrogen and oxygen atoms in total. The highest BCUT2D eigenvalue weighted by molar-refractivity contribution is 6.06. The van der Waals surface area contributed by atoms with Gasteiger partial charge >= 0.3 is 0 Å². The van der Waals surface area contributed by atoms with Crippen LogP contribution in [0.1, 0.15) is 155 Å². The molecule has 2 aromatic carbocycles. The number of rotatable bonds is 27. The molecule has 0 saturated carbocycles. The Hall–Kier alpha value is -4.56. The quantitative estimate of drug-likeness (QED) is 0.0500. The van der Waals surface area contributed by atoms with Gasteiger partial charge in [-0.05, 0) is 60.4 Å². The first-order chi connectivity index (χ1) is 26.7. The Bertz CT molecular complexity index is 1540. The topological polar surface area (TPSA) is 119 Å². The number of nitrogens with zero attached hydrogens (tertiary/aromatic N) is 2. The van der Waals surface area contributed by atoms with E-state index in [4.69, 9.17) is 18.9 Å². The number of benzene rings is 2. The van der Waals surface area contributed by atoms with Gasteiger partial charge < -0.3 is 18.9 Å². The number of unbranched alkanes of at least 4 members (excludes halogenated alkanes) is 15. The Labute approximate surface area is 338 Å². The van der Waals surface area contributed by atoms with E-state index in [0.29, 0.717) is 36.2 Å². The molecular weight excluding hydrogens is 701 g/mol. The first kappa shape index (κ1) is 47.6. The minimum Gasteiger partial charge on any atom is -0.493 e. The number of carbonyl (C=O) groups is 2. The van der Waals surface area contributed by atoms with Crippen molar-refractivity contribution in [2.24, 2.45) is 10.8 Å². The maximum absolute atomic E-state index is 12.5. The van der Waals surface area contributed by atoms with Gasteiger partial charge in [0, 0.05) is 10.8 Å². The summed E-state index contributed by atoms with van der Waals surface area (Å²) in [5, 5.41) is 19.0. The lowest BCUT2D eigenvalue weighted by atomic mass is 9.86. The summed E-state index contributed by atoms with van der Waals surface area (Å²) in [4.78, 5) is 25.1. The predicted molar refractivity (Wildman–Crippen MR) is 227 cm³/mol. The molecule has 0 radical (unpaired) electrons. The summed E-state index contributed by atoms with van der Waals surface area (Å²) in [6.07, 6.45) is 23.1. The van der Waals surface area contributed by atoms with Crippen LogP contribution >= 0.6 is 0 Å². The van der Waals surface area contributed by atoms with Crippen LogP contribution < -0.4 is 18.9 Å². The number of Topliss-reactive ketones (excluding diaryl/α,β-unsaturated/α-hetero) is 2. The molecule has 0 saturated heterocycles. The fourth-order valence-electron chi connectivity index (χ4n) is 6.27. The standard InChI is InChI=1S/C48H68N2O6/c1-47(2,3)45(51)39(35-49)31-37-25-27-41(43(33-37)53-7)55-29-23-21-19-17-15-13-11-9-10-12-14-16-18-20-22-24-30-56-42-28-26-38(34-44(42)54-8)32-40(36-50)46(52)48(4,5)6/h25-28,31-34H,9-24,29-30H2,1-8H3. The molecule has 0 spiro atoms. The van der Waals surface area contributed by atoms with E-state index in [-0.39, 0.29) is 22.7 Å². The van der Waals surface area contributed by atoms with Crippen molar-refractivity contribution < 1.29 is 28.5 Å². The first-order valence-electron chi connectivity index (χ1n) is 20.7. The van der Waals surface area contributed by atoms with Crippen molar-refractivity contribution in [1.29, 1.82) is 10.5 Å². The maximum Gasteiger partial charge on any atom is 0.178 e. The van der Waals surface area contributed by atoms with Crippen molar-refractivity contribution in [3.8, 4) is 35.1 Å². The van der Waals surface area contributed by atoms with Gasteiger partial charge in [-0.15, -0.1) is 0 Å². The van der Waals surface area contributed by atoms with E-state index < -0.39 is 10.8 Å². The van der Waals surface area contributed by atoms with Crippen LogP contribution in [-0.2, 0) is 9.59 Å². The molecule has 0 amide bonds. The smallest absolute Gasteiger partial charge is 0.178 e. The van der Waals surface area contributed by atoms with Crippen LogP contribution in [0.4, 0.5) is 0 Å². The molecule has 2 rings (SSSR count). The third kappa shape index (κ3) is 17.9. The molecular formula is C48H68N2O6. The zero-order chi connectivity index (χ0) is 41.4. The molecule has 0 atom stereocenters. The lowest BCUT2D eigenvalue weighted by Crippen LogP contribution is -2.21. The molecule has 0 aliphatic heterocycles. The zero-order valence-corrected chi connectivity index (χ0v) is 35.7. The summed E-state index contributed by atoms with van der Waals surface area (Å²) in [5.74, 6) is 2.17. The van der Waals surface area contributed by atoms with E-state index in [1.807, 2.05) is 77.9 Å². The van der Waals surface area contributed by atoms with Crippen LogP contribution in [0.5, 0.6) is 23.0 Å². The van der Waals surface area contributed by atoms with Crippen LogP contribution in [0.15, 0.2) is 47.5 Å². The fraction of sp³-hybridized carbons (Fsp3) is 0.583. The highest BCUT2D eigenvalue weighted by Gasteiger charge is 2.26. The third-order valence-corrected chi connectivity index (χ3v) is 9.64. The van der Waals surface area contributed by atoms with E-state index in [0.717, 1.165) is 36.8 Å². The Kier molecular flexibility index (Phi) is 21.7. The molecule has 56 heavy (non-hydrogen) atoms. The normalized spacial score (nSPS) is 12.1. The number of hydrogen-bond acceptors (Lipinski definition) is 8. The molecule has 0 bridgehead atoms. The number of nitriles is 2. The molecule has 0 heterocycles. The number of methoxy groups -OCH3 is 2. The summed E-state index contributed by atoms with van der Waals surface area (Å²) in [6.45, 7) is 12.1. The Morgan fingerprint density at radius 3 is 1.04 bits per heavy atom. The number of allylic oxidation sites excluding steroid dienone is 2. The van der Waals surface area contributed by atoms with Crippen LogP contribution in [0.3, 0.4) is 0 Å². The summed E-state index contributed by atoms with van der Waals surface area (Å²) in [7, 11) is 3.19. The zero-order valence-electron chi connectivity index (χ0n) is 35.7. The first-order valence-corrected chi connectivity index (χ1v) is 20.7. The number of hydrogen-bond donors (Lipinski definition) is 0. The van der Waals surface area contributed by atoms with Crippen LogP contribution in [0.2, 0.25) is 0 Å². The second kappa shape index (κ2) is 25.6. The van der Waals surface area contributed by atoms with Gasteiger partial charge in [0.2, 0.25) is 0 Å². The Balaban J connectivity index is 1.47. The predicted octanol–water partition coefficient (Wildman–Crippen LogP) is 12.4. The lowest BCUT2D eigenvalue weighted by molar-refractivity contribution is -0.122. The molecule has 0 N–H and O–H groups in total. The summed E-state index contributed by atoms with van der Waals surface area (Å²) in [6, 6.07) is 15.1. The summed E-state index contributed by atoms with van der Waals surface area (Å²) < 4.78 is 23.0. The maximum atomic E-state index is 12.5. The summed E-state index contributed by atoms with van der Waals surface area (Å²) >= 11 is 0. The van der Waals surface area contributed by atoms with Gasteiger partial charge in [-0.25, -0.2) is 0 Å². The molecule has 8 heteroatoms. The molecule has 0 fully saturated rings. The van der Waals surface area contributed by atoms with E-state index >= 15 is 0 Å². The molecule has 0 aliphatic rings. The highest BCUT2D eigenvalue weighted by Crippen LogP contribution is 2.32. The van der Waals surface area contributed by atoms with Crippen molar-refractivity contribution in [3.63, 3.8) is 0 Å². The molecule has 0 aromatic heterocycles. The second-order valence-electron chi connectivity index (χ2n) is 16.7. The van der Waals surface area contributed by atoms with Crippen molar-refractivity contribution in [2.75, 3.05) is 27.4 Å². The lowest BCUT2D eigenvalue weighted by Gasteiger charge is -2.15. The van der Waals surface area contributed by atoms with Gasteiger partial charge in [0.1, 0.15) is 12.1 Å². The van der Waals surface area contributed by atoms with Gasteiger partial charge in [-0.1, -0.05) is 144 Å². The SMILES string of the molecule is COc1cc(C=C(C#N)C(=O)C(C)(C)C)ccc1OCCCCCCCCCCCCCCCCCCOc1ccc(C=C(C#N)C(=O)C(C)(C)C)cc1OC. The Morgan fingerprint density at radius 2 is 0.786 bits per heavy atom. The minimum atomic E-state index is -0.617. The summed E-state index contributed by atoms with van der Waals surface area (Å²) in [5.41, 5.74) is 0.500. The van der Waals surface area contributed by atoms with Gasteiger partial charge in [-0.2, -0.15) is 10.5 Å². The van der Waals surface area contributed by atoms with E-state index in [1.165, 1.54) is 77.0 Å². The van der Waals surface area contributed by atoms with Gasteiger partial charge in [0.05, 0.1) is 38.6 Å². The second-order valence-corrected chi connectivity index (χ2v) is 16.7. The van der Waals surface area contributed by atoms with Gasteiger partial charge in [-0.3, -0.25) is 9.59 Å². The monoisotopic (exact) mass is 769 g/mol. The average Bonchev–Trinajstić information content (AvgIpc) is 3.17. The Morgan fingerprint density at radius 1 is 0.500 bits per heavy atom. The number of ketones is 2. The molecule has 0 aliphatic carbocycles. The van der Waals surface area contributed by atoms with Crippen molar-refractivity contribution >= 4 is 23.7 Å². The fourth-order valence-corrected chi connectivity index (χ4v) is 6.27. The molecule has 0 unspecified atom stereocenters. The number of carbonyl (C=O) groups excluding carboxylic acids is 2. The molecule has 2 aromatic rings. The van der Waals surface area contributed by atoms with E-state index in [2.05, 4.69) is 0 Å². The van der Waals surface area contributed by atoms with E-state index in [1.54, 1.807) is 38.5 Å². The van der Waals surface area contributed by atoms with Crippen molar-refractivity contribution in [2.45, 2.75) is 144 Å².